The van der Waals surface area contributed by atoms with Crippen LogP contribution in [0.15, 0.2) is 54.6 Å². The summed E-state index contributed by atoms with van der Waals surface area (Å²) < 4.78 is 5.80. The normalized spacial score (nSPS) is 24.4. The van der Waals surface area contributed by atoms with Crippen LogP contribution in [0, 0.1) is 5.92 Å². The first-order valence-electron chi connectivity index (χ1n) is 7.72. The SMILES string of the molecule is CCC1C(O)CC1c1ccc(OCc2ccccc2)cc1. The van der Waals surface area contributed by atoms with Crippen LogP contribution in [0.2, 0.25) is 0 Å². The number of hydrogen-bond acceptors (Lipinski definition) is 2. The van der Waals surface area contributed by atoms with Gasteiger partial charge in [-0.1, -0.05) is 55.8 Å². The van der Waals surface area contributed by atoms with Gasteiger partial charge in [-0.05, 0) is 41.5 Å². The van der Waals surface area contributed by atoms with Crippen molar-refractivity contribution in [2.75, 3.05) is 0 Å². The first kappa shape index (κ1) is 14.2. The molecule has 3 rings (SSSR count). The van der Waals surface area contributed by atoms with E-state index in [1.54, 1.807) is 0 Å². The van der Waals surface area contributed by atoms with E-state index in [4.69, 9.17) is 4.74 Å². The van der Waals surface area contributed by atoms with Crippen molar-refractivity contribution in [3.8, 4) is 5.75 Å². The third kappa shape index (κ3) is 3.11. The van der Waals surface area contributed by atoms with E-state index in [9.17, 15) is 5.11 Å². The number of rotatable bonds is 5. The van der Waals surface area contributed by atoms with Gasteiger partial charge in [0.25, 0.3) is 0 Å². The highest BCUT2D eigenvalue weighted by Gasteiger charge is 2.39. The number of aliphatic hydroxyl groups is 1. The van der Waals surface area contributed by atoms with E-state index >= 15 is 0 Å². The Bertz CT molecular complexity index is 562. The van der Waals surface area contributed by atoms with Gasteiger partial charge in [0.05, 0.1) is 6.10 Å². The van der Waals surface area contributed by atoms with Crippen LogP contribution in [0.3, 0.4) is 0 Å². The molecule has 1 aliphatic rings. The lowest BCUT2D eigenvalue weighted by molar-refractivity contribution is -0.000737. The predicted molar refractivity (Wildman–Crippen MR) is 84.4 cm³/mol. The highest BCUT2D eigenvalue weighted by Crippen LogP contribution is 2.44. The molecule has 0 spiro atoms. The molecule has 0 aromatic heterocycles. The molecular formula is C19H22O2. The zero-order valence-electron chi connectivity index (χ0n) is 12.4. The van der Waals surface area contributed by atoms with Gasteiger partial charge in [-0.15, -0.1) is 0 Å². The summed E-state index contributed by atoms with van der Waals surface area (Å²) in [5.74, 6) is 1.82. The second-order valence-electron chi connectivity index (χ2n) is 5.82. The quantitative estimate of drug-likeness (QED) is 0.893. The van der Waals surface area contributed by atoms with Crippen molar-refractivity contribution in [1.82, 2.24) is 0 Å². The Morgan fingerprint density at radius 2 is 1.76 bits per heavy atom. The van der Waals surface area contributed by atoms with Gasteiger partial charge in [0.15, 0.2) is 0 Å². The molecule has 21 heavy (non-hydrogen) atoms. The van der Waals surface area contributed by atoms with Crippen LogP contribution < -0.4 is 4.74 Å². The van der Waals surface area contributed by atoms with Crippen molar-refractivity contribution in [3.63, 3.8) is 0 Å². The lowest BCUT2D eigenvalue weighted by atomic mass is 9.66. The van der Waals surface area contributed by atoms with Gasteiger partial charge < -0.3 is 9.84 Å². The van der Waals surface area contributed by atoms with Crippen molar-refractivity contribution < 1.29 is 9.84 Å². The monoisotopic (exact) mass is 282 g/mol. The molecule has 1 N–H and O–H groups in total. The Morgan fingerprint density at radius 1 is 1.05 bits per heavy atom. The molecule has 0 saturated heterocycles. The molecule has 2 aromatic rings. The van der Waals surface area contributed by atoms with Crippen molar-refractivity contribution in [1.29, 1.82) is 0 Å². The molecule has 0 aliphatic heterocycles. The molecule has 2 aromatic carbocycles. The summed E-state index contributed by atoms with van der Waals surface area (Å²) in [6.07, 6.45) is 1.81. The van der Waals surface area contributed by atoms with E-state index in [2.05, 4.69) is 31.2 Å². The van der Waals surface area contributed by atoms with E-state index < -0.39 is 0 Å². The molecule has 110 valence electrons. The van der Waals surface area contributed by atoms with Crippen LogP contribution in [0.4, 0.5) is 0 Å². The predicted octanol–water partition coefficient (Wildman–Crippen LogP) is 4.14. The molecule has 0 amide bonds. The van der Waals surface area contributed by atoms with Crippen molar-refractivity contribution in [2.45, 2.75) is 38.4 Å². The Balaban J connectivity index is 1.60. The highest BCUT2D eigenvalue weighted by atomic mass is 16.5. The average Bonchev–Trinajstić information content (AvgIpc) is 2.52. The number of ether oxygens (including phenoxy) is 1. The highest BCUT2D eigenvalue weighted by molar-refractivity contribution is 5.32. The Morgan fingerprint density at radius 3 is 2.38 bits per heavy atom. The summed E-state index contributed by atoms with van der Waals surface area (Å²) in [5, 5.41) is 9.78. The smallest absolute Gasteiger partial charge is 0.119 e. The molecule has 2 nitrogen and oxygen atoms in total. The maximum Gasteiger partial charge on any atom is 0.119 e. The molecule has 1 saturated carbocycles. The van der Waals surface area contributed by atoms with Crippen LogP contribution in [0.1, 0.15) is 36.8 Å². The third-order valence-corrected chi connectivity index (χ3v) is 4.53. The number of aliphatic hydroxyl groups excluding tert-OH is 1. The van der Waals surface area contributed by atoms with Crippen molar-refractivity contribution in [3.05, 3.63) is 65.7 Å². The van der Waals surface area contributed by atoms with E-state index in [-0.39, 0.29) is 6.10 Å². The second kappa shape index (κ2) is 6.31. The molecule has 1 aliphatic carbocycles. The summed E-state index contributed by atoms with van der Waals surface area (Å²) >= 11 is 0. The molecule has 0 bridgehead atoms. The molecular weight excluding hydrogens is 260 g/mol. The van der Waals surface area contributed by atoms with Gasteiger partial charge in [0.1, 0.15) is 12.4 Å². The Hall–Kier alpha value is -1.80. The topological polar surface area (TPSA) is 29.5 Å². The van der Waals surface area contributed by atoms with Crippen LogP contribution >= 0.6 is 0 Å². The molecule has 3 atom stereocenters. The maximum absolute atomic E-state index is 9.78. The lowest BCUT2D eigenvalue weighted by Crippen LogP contribution is -2.38. The van der Waals surface area contributed by atoms with E-state index in [0.29, 0.717) is 18.4 Å². The van der Waals surface area contributed by atoms with Gasteiger partial charge in [-0.3, -0.25) is 0 Å². The minimum Gasteiger partial charge on any atom is -0.489 e. The van der Waals surface area contributed by atoms with Gasteiger partial charge >= 0.3 is 0 Å². The minimum absolute atomic E-state index is 0.117. The summed E-state index contributed by atoms with van der Waals surface area (Å²) in [6, 6.07) is 18.5. The molecule has 3 unspecified atom stereocenters. The van der Waals surface area contributed by atoms with Crippen LogP contribution in [0.5, 0.6) is 5.75 Å². The summed E-state index contributed by atoms with van der Waals surface area (Å²) in [4.78, 5) is 0. The summed E-state index contributed by atoms with van der Waals surface area (Å²) in [7, 11) is 0. The lowest BCUT2D eigenvalue weighted by Gasteiger charge is -2.41. The van der Waals surface area contributed by atoms with Crippen molar-refractivity contribution >= 4 is 0 Å². The van der Waals surface area contributed by atoms with E-state index in [1.807, 2.05) is 30.3 Å². The summed E-state index contributed by atoms with van der Waals surface area (Å²) in [6.45, 7) is 2.75. The fraction of sp³-hybridized carbons (Fsp3) is 0.368. The van der Waals surface area contributed by atoms with E-state index in [1.165, 1.54) is 11.1 Å². The molecule has 2 heteroatoms. The first-order valence-corrected chi connectivity index (χ1v) is 7.72. The molecule has 0 radical (unpaired) electrons. The van der Waals surface area contributed by atoms with Gasteiger partial charge in [-0.2, -0.15) is 0 Å². The molecule has 0 heterocycles. The zero-order chi connectivity index (χ0) is 14.7. The fourth-order valence-corrected chi connectivity index (χ4v) is 3.17. The standard InChI is InChI=1S/C19H22O2/c1-2-17-18(12-19(17)20)15-8-10-16(11-9-15)21-13-14-6-4-3-5-7-14/h3-11,17-20H,2,12-13H2,1H3. The third-order valence-electron chi connectivity index (χ3n) is 4.53. The zero-order valence-corrected chi connectivity index (χ0v) is 12.4. The van der Waals surface area contributed by atoms with Gasteiger partial charge in [0, 0.05) is 0 Å². The Kier molecular flexibility index (Phi) is 4.26. The van der Waals surface area contributed by atoms with Crippen molar-refractivity contribution in [2.24, 2.45) is 5.92 Å². The fourth-order valence-electron chi connectivity index (χ4n) is 3.17. The number of hydrogen-bond donors (Lipinski definition) is 1. The molecule has 1 fully saturated rings. The summed E-state index contributed by atoms with van der Waals surface area (Å²) in [5.41, 5.74) is 2.49. The van der Waals surface area contributed by atoms with Crippen LogP contribution in [-0.4, -0.2) is 11.2 Å². The van der Waals surface area contributed by atoms with Gasteiger partial charge in [-0.25, -0.2) is 0 Å². The Labute approximate surface area is 126 Å². The minimum atomic E-state index is -0.117. The van der Waals surface area contributed by atoms with Crippen LogP contribution in [-0.2, 0) is 6.61 Å². The van der Waals surface area contributed by atoms with E-state index in [0.717, 1.165) is 18.6 Å². The van der Waals surface area contributed by atoms with Crippen LogP contribution in [0.25, 0.3) is 0 Å². The second-order valence-corrected chi connectivity index (χ2v) is 5.82. The number of benzene rings is 2. The first-order chi connectivity index (χ1) is 10.3. The van der Waals surface area contributed by atoms with Gasteiger partial charge in [0.2, 0.25) is 0 Å². The largest absolute Gasteiger partial charge is 0.489 e. The maximum atomic E-state index is 9.78. The average molecular weight is 282 g/mol.